The highest BCUT2D eigenvalue weighted by Crippen LogP contribution is 2.13. The monoisotopic (exact) mass is 202 g/mol. The lowest BCUT2D eigenvalue weighted by Crippen LogP contribution is -2.26. The van der Waals surface area contributed by atoms with Crippen molar-refractivity contribution in [1.82, 2.24) is 15.5 Å². The van der Waals surface area contributed by atoms with Crippen molar-refractivity contribution in [3.63, 3.8) is 0 Å². The van der Waals surface area contributed by atoms with Gasteiger partial charge in [-0.05, 0) is 0 Å². The number of anilines is 1. The standard InChI is InChI=1S/C6H10N4O2S/c1-7-4(12)2-8-6-10-9-5(3-11)13-6/h11H,2-3H2,1H3,(H,7,12)(H,8,10). The Morgan fingerprint density at radius 2 is 2.38 bits per heavy atom. The van der Waals surface area contributed by atoms with Gasteiger partial charge in [0.05, 0.1) is 13.2 Å². The molecule has 0 aliphatic rings. The van der Waals surface area contributed by atoms with Crippen molar-refractivity contribution in [2.75, 3.05) is 18.9 Å². The Morgan fingerprint density at radius 1 is 1.62 bits per heavy atom. The Kier molecular flexibility index (Phi) is 3.59. The SMILES string of the molecule is CNC(=O)CNc1nnc(CO)s1. The Hall–Kier alpha value is -1.21. The summed E-state index contributed by atoms with van der Waals surface area (Å²) in [5.41, 5.74) is 0. The second-order valence-corrected chi connectivity index (χ2v) is 3.25. The molecule has 1 aromatic heterocycles. The molecular weight excluding hydrogens is 192 g/mol. The number of carbonyl (C=O) groups is 1. The molecule has 13 heavy (non-hydrogen) atoms. The zero-order valence-corrected chi connectivity index (χ0v) is 7.89. The van der Waals surface area contributed by atoms with Gasteiger partial charge in [-0.1, -0.05) is 11.3 Å². The van der Waals surface area contributed by atoms with Gasteiger partial charge in [-0.25, -0.2) is 0 Å². The van der Waals surface area contributed by atoms with Crippen molar-refractivity contribution >= 4 is 22.4 Å². The first kappa shape index (κ1) is 9.87. The molecule has 0 spiro atoms. The number of aliphatic hydroxyl groups excluding tert-OH is 1. The summed E-state index contributed by atoms with van der Waals surface area (Å²) in [7, 11) is 1.56. The molecular formula is C6H10N4O2S. The number of rotatable bonds is 4. The second-order valence-electron chi connectivity index (χ2n) is 2.19. The van der Waals surface area contributed by atoms with E-state index < -0.39 is 0 Å². The minimum Gasteiger partial charge on any atom is -0.389 e. The second kappa shape index (κ2) is 4.73. The zero-order valence-electron chi connectivity index (χ0n) is 7.07. The quantitative estimate of drug-likeness (QED) is 0.594. The van der Waals surface area contributed by atoms with E-state index in [1.54, 1.807) is 7.05 Å². The number of aromatic nitrogens is 2. The minimum atomic E-state index is -0.126. The Morgan fingerprint density at radius 3 is 2.92 bits per heavy atom. The van der Waals surface area contributed by atoms with Gasteiger partial charge in [0.2, 0.25) is 11.0 Å². The van der Waals surface area contributed by atoms with Crippen LogP contribution in [0.2, 0.25) is 0 Å². The van der Waals surface area contributed by atoms with E-state index in [2.05, 4.69) is 20.8 Å². The average Bonchev–Trinajstić information content (AvgIpc) is 2.61. The van der Waals surface area contributed by atoms with Crippen molar-refractivity contribution in [2.45, 2.75) is 6.61 Å². The highest BCUT2D eigenvalue weighted by molar-refractivity contribution is 7.15. The van der Waals surface area contributed by atoms with Crippen LogP contribution in [0.4, 0.5) is 5.13 Å². The molecule has 1 aromatic rings. The normalized spacial score (nSPS) is 9.69. The van der Waals surface area contributed by atoms with Crippen LogP contribution in [0, 0.1) is 0 Å². The number of likely N-dealkylation sites (N-methyl/N-ethyl adjacent to an activating group) is 1. The van der Waals surface area contributed by atoms with E-state index in [1.807, 2.05) is 0 Å². The third-order valence-electron chi connectivity index (χ3n) is 1.28. The molecule has 0 radical (unpaired) electrons. The third-order valence-corrected chi connectivity index (χ3v) is 2.15. The van der Waals surface area contributed by atoms with Crippen LogP contribution in [0.15, 0.2) is 0 Å². The first-order valence-corrected chi connectivity index (χ1v) is 4.45. The topological polar surface area (TPSA) is 87.1 Å². The fraction of sp³-hybridized carbons (Fsp3) is 0.500. The average molecular weight is 202 g/mol. The predicted octanol–water partition coefficient (Wildman–Crippen LogP) is -0.812. The molecule has 0 bridgehead atoms. The van der Waals surface area contributed by atoms with Crippen LogP contribution >= 0.6 is 11.3 Å². The van der Waals surface area contributed by atoms with Crippen molar-refractivity contribution in [1.29, 1.82) is 0 Å². The molecule has 0 saturated carbocycles. The molecule has 6 nitrogen and oxygen atoms in total. The molecule has 0 unspecified atom stereocenters. The molecule has 1 amide bonds. The molecule has 0 aliphatic heterocycles. The van der Waals surface area contributed by atoms with Gasteiger partial charge < -0.3 is 15.7 Å². The smallest absolute Gasteiger partial charge is 0.239 e. The number of nitrogens with one attached hydrogen (secondary N) is 2. The minimum absolute atomic E-state index is 0.124. The van der Waals surface area contributed by atoms with Gasteiger partial charge in [-0.15, -0.1) is 10.2 Å². The molecule has 1 heterocycles. The van der Waals surface area contributed by atoms with Crippen molar-refractivity contribution in [3.05, 3.63) is 5.01 Å². The molecule has 1 rings (SSSR count). The first-order chi connectivity index (χ1) is 6.26. The van der Waals surface area contributed by atoms with Crippen LogP contribution in [0.25, 0.3) is 0 Å². The number of amides is 1. The van der Waals surface area contributed by atoms with E-state index in [0.29, 0.717) is 10.1 Å². The lowest BCUT2D eigenvalue weighted by molar-refractivity contribution is -0.118. The Balaban J connectivity index is 2.41. The van der Waals surface area contributed by atoms with Crippen molar-refractivity contribution in [2.24, 2.45) is 0 Å². The van der Waals surface area contributed by atoms with Gasteiger partial charge in [0.15, 0.2) is 0 Å². The van der Waals surface area contributed by atoms with E-state index in [0.717, 1.165) is 0 Å². The summed E-state index contributed by atoms with van der Waals surface area (Å²) in [6.45, 7) is 0.0376. The molecule has 72 valence electrons. The number of hydrogen-bond acceptors (Lipinski definition) is 6. The summed E-state index contributed by atoms with van der Waals surface area (Å²) in [6.07, 6.45) is 0. The van der Waals surface area contributed by atoms with E-state index in [4.69, 9.17) is 5.11 Å². The maximum atomic E-state index is 10.8. The molecule has 0 aliphatic carbocycles. The van der Waals surface area contributed by atoms with Gasteiger partial charge in [0, 0.05) is 7.05 Å². The van der Waals surface area contributed by atoms with Crippen LogP contribution in [-0.4, -0.2) is 34.8 Å². The van der Waals surface area contributed by atoms with Gasteiger partial charge in [-0.2, -0.15) is 0 Å². The lowest BCUT2D eigenvalue weighted by Gasteiger charge is -1.98. The van der Waals surface area contributed by atoms with Gasteiger partial charge in [0.1, 0.15) is 5.01 Å². The van der Waals surface area contributed by atoms with Crippen molar-refractivity contribution in [3.8, 4) is 0 Å². The highest BCUT2D eigenvalue weighted by atomic mass is 32.1. The number of hydrogen-bond donors (Lipinski definition) is 3. The maximum absolute atomic E-state index is 10.8. The van der Waals surface area contributed by atoms with Crippen LogP contribution < -0.4 is 10.6 Å². The molecule has 7 heteroatoms. The number of carbonyl (C=O) groups excluding carboxylic acids is 1. The molecule has 0 aromatic carbocycles. The van der Waals surface area contributed by atoms with Crippen molar-refractivity contribution < 1.29 is 9.90 Å². The maximum Gasteiger partial charge on any atom is 0.239 e. The Bertz CT molecular complexity index is 288. The van der Waals surface area contributed by atoms with Crippen LogP contribution in [0.5, 0.6) is 0 Å². The summed E-state index contributed by atoms with van der Waals surface area (Å²) in [5.74, 6) is -0.124. The molecule has 0 fully saturated rings. The summed E-state index contributed by atoms with van der Waals surface area (Å²) < 4.78 is 0. The van der Waals surface area contributed by atoms with E-state index >= 15 is 0 Å². The summed E-state index contributed by atoms with van der Waals surface area (Å²) in [5, 5.41) is 22.3. The van der Waals surface area contributed by atoms with E-state index in [9.17, 15) is 4.79 Å². The number of nitrogens with zero attached hydrogens (tertiary/aromatic N) is 2. The van der Waals surface area contributed by atoms with Crippen LogP contribution in [0.1, 0.15) is 5.01 Å². The van der Waals surface area contributed by atoms with Gasteiger partial charge >= 0.3 is 0 Å². The zero-order chi connectivity index (χ0) is 9.68. The largest absolute Gasteiger partial charge is 0.389 e. The molecule has 0 atom stereocenters. The van der Waals surface area contributed by atoms with Crippen LogP contribution in [0.3, 0.4) is 0 Å². The van der Waals surface area contributed by atoms with Gasteiger partial charge in [0.25, 0.3) is 0 Å². The van der Waals surface area contributed by atoms with E-state index in [1.165, 1.54) is 11.3 Å². The third kappa shape index (κ3) is 2.96. The fourth-order valence-corrected chi connectivity index (χ4v) is 1.23. The highest BCUT2D eigenvalue weighted by Gasteiger charge is 2.03. The number of aliphatic hydroxyl groups is 1. The fourth-order valence-electron chi connectivity index (χ4n) is 0.633. The molecule has 3 N–H and O–H groups in total. The first-order valence-electron chi connectivity index (χ1n) is 3.64. The summed E-state index contributed by atoms with van der Waals surface area (Å²) in [6, 6.07) is 0. The molecule has 0 saturated heterocycles. The Labute approximate surface area is 79.0 Å². The van der Waals surface area contributed by atoms with E-state index in [-0.39, 0.29) is 19.1 Å². The van der Waals surface area contributed by atoms with Gasteiger partial charge in [-0.3, -0.25) is 4.79 Å². The predicted molar refractivity (Wildman–Crippen MR) is 48.4 cm³/mol. The van der Waals surface area contributed by atoms with Crippen LogP contribution in [-0.2, 0) is 11.4 Å². The lowest BCUT2D eigenvalue weighted by atomic mass is 10.6. The summed E-state index contributed by atoms with van der Waals surface area (Å²) >= 11 is 1.22. The summed E-state index contributed by atoms with van der Waals surface area (Å²) in [4.78, 5) is 10.8.